The number of urea groups is 1. The van der Waals surface area contributed by atoms with Crippen molar-refractivity contribution in [2.45, 2.75) is 215 Å². The van der Waals surface area contributed by atoms with Crippen LogP contribution in [0.1, 0.15) is 115 Å². The molecule has 74 heavy (non-hydrogen) atoms. The van der Waals surface area contributed by atoms with Crippen molar-refractivity contribution in [1.29, 1.82) is 0 Å². The van der Waals surface area contributed by atoms with E-state index in [-0.39, 0.29) is 36.6 Å². The molecule has 0 spiro atoms. The molecule has 4 saturated heterocycles. The van der Waals surface area contributed by atoms with Gasteiger partial charge in [-0.05, 0) is 71.7 Å². The summed E-state index contributed by atoms with van der Waals surface area (Å²) in [4.78, 5) is 66.9. The van der Waals surface area contributed by atoms with Gasteiger partial charge in [-0.2, -0.15) is 0 Å². The minimum Gasteiger partial charge on any atom is -0.504 e. The Morgan fingerprint density at radius 2 is 1.47 bits per heavy atom. The van der Waals surface area contributed by atoms with Crippen LogP contribution in [0.4, 0.5) is 4.79 Å². The number of hydrogen-bond donors (Lipinski definition) is 8. The highest BCUT2D eigenvalue weighted by Gasteiger charge is 2.76. The fourth-order valence-electron chi connectivity index (χ4n) is 11.7. The van der Waals surface area contributed by atoms with Crippen LogP contribution in [0.3, 0.4) is 0 Å². The van der Waals surface area contributed by atoms with E-state index < -0.39 is 173 Å². The molecule has 0 bridgehead atoms. The number of nitrogens with one attached hydrogen (secondary N) is 1. The Bertz CT molecular complexity index is 2430. The van der Waals surface area contributed by atoms with Gasteiger partial charge in [-0.1, -0.05) is 0 Å². The predicted octanol–water partition coefficient (Wildman–Crippen LogP) is 0.746. The number of fused-ring (bicyclic) bond motifs is 3. The van der Waals surface area contributed by atoms with Crippen molar-refractivity contribution in [1.82, 2.24) is 5.32 Å². The van der Waals surface area contributed by atoms with Gasteiger partial charge in [0.1, 0.15) is 24.4 Å². The number of aliphatic hydroxyl groups excluding tert-OH is 2. The first kappa shape index (κ1) is 55.6. The fraction of sp³-hybridized carbons (Fsp3) is 0.700. The summed E-state index contributed by atoms with van der Waals surface area (Å²) in [5.74, 6) is -5.73. The number of esters is 2. The zero-order valence-electron chi connectivity index (χ0n) is 42.6. The van der Waals surface area contributed by atoms with Crippen molar-refractivity contribution < 1.29 is 107 Å². The number of nitrogens with two attached hydrogens (primary N) is 1. The zero-order chi connectivity index (χ0) is 54.1. The van der Waals surface area contributed by atoms with Crippen molar-refractivity contribution in [2.75, 3.05) is 7.11 Å². The van der Waals surface area contributed by atoms with Crippen molar-refractivity contribution in [3.8, 4) is 11.5 Å². The summed E-state index contributed by atoms with van der Waals surface area (Å²) in [6.45, 7) is 11.7. The lowest BCUT2D eigenvalue weighted by Crippen LogP contribution is -2.80. The monoisotopic (exact) mass is 1050 g/mol. The number of hydrogen-bond acceptors (Lipinski definition) is 22. The molecule has 20 atom stereocenters. The second-order valence-electron chi connectivity index (χ2n) is 20.7. The fourth-order valence-corrected chi connectivity index (χ4v) is 11.7. The van der Waals surface area contributed by atoms with Crippen molar-refractivity contribution in [3.63, 3.8) is 0 Å². The van der Waals surface area contributed by atoms with Crippen LogP contribution in [0.2, 0.25) is 0 Å². The van der Waals surface area contributed by atoms with E-state index in [1.165, 1.54) is 33.1 Å². The molecule has 1 aromatic carbocycles. The number of amides is 2. The van der Waals surface area contributed by atoms with Crippen LogP contribution < -0.4 is 15.8 Å². The SMILES string of the molecule is CO[C@@H]1C[C@H](O[C@H]2C=C(C)[C@@H](OC(C)=O)[C@]3(O)[C@@H](OC(C)=O)[C@@H](O)C4=C(C(=O)c5ccc(O[C@H]6C[C@@H](O[C@H]7C[C@](C)(O)[C@H](O[C@H]8CC[C@H](NC(N)=O)[C@@H](C)O8)[C@@H](C)O7)C[C@@H](C)O6)c(O)c5C4=O)[C@]23O)O[C@@H](C)[C@H]1O. The summed E-state index contributed by atoms with van der Waals surface area (Å²) in [6.07, 6.45) is -16.0. The first-order valence-corrected chi connectivity index (χ1v) is 24.8. The lowest BCUT2D eigenvalue weighted by Gasteiger charge is -2.59. The number of phenolic OH excluding ortho intramolecular Hbond substituents is 1. The van der Waals surface area contributed by atoms with Gasteiger partial charge in [0.25, 0.3) is 0 Å². The second-order valence-corrected chi connectivity index (χ2v) is 20.7. The van der Waals surface area contributed by atoms with Gasteiger partial charge in [0, 0.05) is 69.8 Å². The maximum atomic E-state index is 15.1. The molecule has 0 saturated carbocycles. The van der Waals surface area contributed by atoms with Crippen LogP contribution in [0.5, 0.6) is 11.5 Å². The van der Waals surface area contributed by atoms with Crippen LogP contribution in [0.25, 0.3) is 0 Å². The molecular weight excluding hydrogens is 981 g/mol. The standard InChI is InChI=1S/C50H68N2O22/c1-19-14-31(73-34-17-30(64-9)39(55)22(4)67-34)49(62)38-37(43(59)46(70-25(7)54)50(49,63)44(19)69-24(6)53)42(58)36-27(40(38)56)10-12-29(41(36)57)72-33-16-26(15-20(2)65-33)71-35-18-48(8,61)45(23(5)68-35)74-32-13-11-28(21(3)66-32)52-47(51)60/h10,12,14,20-23,26,28,30-35,39,43-46,55,57,59,61-63H,11,13,15-18H2,1-9H3,(H3,51,52,60)/t20-,21-,22+,23-,26+,28+,30-,31+,32+,33+,34+,35+,39-,43+,44-,45-,46+,48+,49-,50+/m1/s1. The third-order valence-electron chi connectivity index (χ3n) is 15.1. The lowest BCUT2D eigenvalue weighted by molar-refractivity contribution is -0.329. The molecule has 2 amide bonds. The Morgan fingerprint density at radius 3 is 2.11 bits per heavy atom. The molecule has 24 nitrogen and oxygen atoms in total. The summed E-state index contributed by atoms with van der Waals surface area (Å²) < 4.78 is 65.8. The minimum atomic E-state index is -3.21. The number of rotatable bonds is 12. The number of Topliss-reactive ketones (excluding diaryl/α,β-unsaturated/α-hetero) is 2. The molecule has 3 aliphatic carbocycles. The molecular formula is C50H68N2O22. The molecule has 9 N–H and O–H groups in total. The Hall–Kier alpha value is -4.67. The van der Waals surface area contributed by atoms with Gasteiger partial charge < -0.3 is 93.8 Å². The van der Waals surface area contributed by atoms with Crippen LogP contribution in [-0.2, 0) is 57.0 Å². The number of ether oxygens (including phenoxy) is 11. The average molecular weight is 1050 g/mol. The van der Waals surface area contributed by atoms with E-state index in [2.05, 4.69) is 5.32 Å². The van der Waals surface area contributed by atoms with Gasteiger partial charge in [-0.25, -0.2) is 4.79 Å². The van der Waals surface area contributed by atoms with Gasteiger partial charge in [0.05, 0.1) is 53.8 Å². The first-order chi connectivity index (χ1) is 34.7. The topological polar surface area (TPSA) is 346 Å². The molecule has 0 radical (unpaired) electrons. The van der Waals surface area contributed by atoms with Crippen molar-refractivity contribution in [2.24, 2.45) is 5.73 Å². The number of aliphatic hydroxyl groups is 5. The van der Waals surface area contributed by atoms with E-state index in [9.17, 15) is 49.8 Å². The summed E-state index contributed by atoms with van der Waals surface area (Å²) in [5, 5.41) is 75.4. The largest absolute Gasteiger partial charge is 0.504 e. The third kappa shape index (κ3) is 10.1. The summed E-state index contributed by atoms with van der Waals surface area (Å²) in [6, 6.07) is 1.36. The quantitative estimate of drug-likeness (QED) is 0.106. The third-order valence-corrected chi connectivity index (χ3v) is 15.1. The van der Waals surface area contributed by atoms with Gasteiger partial charge >= 0.3 is 18.0 Å². The van der Waals surface area contributed by atoms with Crippen LogP contribution in [0.15, 0.2) is 34.9 Å². The number of aromatic hydroxyl groups is 1. The number of carbonyl (C=O) groups excluding carboxylic acids is 5. The molecule has 8 rings (SSSR count). The second kappa shape index (κ2) is 21.0. The number of methoxy groups -OCH3 is 1. The summed E-state index contributed by atoms with van der Waals surface area (Å²) >= 11 is 0. The van der Waals surface area contributed by atoms with E-state index in [4.69, 9.17) is 57.8 Å². The van der Waals surface area contributed by atoms with Crippen molar-refractivity contribution >= 4 is 29.5 Å². The Labute approximate surface area is 426 Å². The highest BCUT2D eigenvalue weighted by molar-refractivity contribution is 6.29. The number of carbonyl (C=O) groups is 5. The first-order valence-electron chi connectivity index (χ1n) is 24.8. The Kier molecular flexibility index (Phi) is 15.8. The lowest BCUT2D eigenvalue weighted by atomic mass is 9.54. The summed E-state index contributed by atoms with van der Waals surface area (Å²) in [7, 11) is 1.35. The minimum absolute atomic E-state index is 0.00281. The highest BCUT2D eigenvalue weighted by Crippen LogP contribution is 2.56. The smallest absolute Gasteiger partial charge is 0.312 e. The Balaban J connectivity index is 1.05. The highest BCUT2D eigenvalue weighted by atomic mass is 16.7. The number of phenols is 1. The predicted molar refractivity (Wildman–Crippen MR) is 249 cm³/mol. The molecule has 410 valence electrons. The molecule has 4 heterocycles. The Morgan fingerprint density at radius 1 is 0.797 bits per heavy atom. The number of primary amides is 1. The van der Waals surface area contributed by atoms with E-state index in [0.29, 0.717) is 19.3 Å². The zero-order valence-corrected chi connectivity index (χ0v) is 42.6. The molecule has 7 aliphatic rings. The van der Waals surface area contributed by atoms with Crippen LogP contribution in [0, 0.1) is 0 Å². The normalized spacial score (nSPS) is 42.2. The maximum Gasteiger partial charge on any atom is 0.312 e. The maximum absolute atomic E-state index is 15.1. The van der Waals surface area contributed by atoms with Gasteiger partial charge in [-0.3, -0.25) is 19.2 Å². The molecule has 0 unspecified atom stereocenters. The van der Waals surface area contributed by atoms with Gasteiger partial charge in [0.2, 0.25) is 6.29 Å². The molecule has 4 aliphatic heterocycles. The molecule has 1 aromatic rings. The van der Waals surface area contributed by atoms with Gasteiger partial charge in [-0.15, -0.1) is 0 Å². The van der Waals surface area contributed by atoms with Crippen LogP contribution >= 0.6 is 0 Å². The summed E-state index contributed by atoms with van der Waals surface area (Å²) in [5.41, 5.74) is -5.46. The van der Waals surface area contributed by atoms with Crippen molar-refractivity contribution in [3.05, 3.63) is 46.1 Å². The van der Waals surface area contributed by atoms with Gasteiger partial charge in [0.15, 0.2) is 65.3 Å². The van der Waals surface area contributed by atoms with E-state index in [1.54, 1.807) is 27.7 Å². The number of ketones is 2. The molecule has 24 heteroatoms. The molecule has 4 fully saturated rings. The van der Waals surface area contributed by atoms with Crippen LogP contribution in [-0.4, -0.2) is 189 Å². The van der Waals surface area contributed by atoms with E-state index in [1.807, 2.05) is 0 Å². The van der Waals surface area contributed by atoms with E-state index >= 15 is 4.79 Å². The van der Waals surface area contributed by atoms with E-state index in [0.717, 1.165) is 19.9 Å². The molecule has 0 aromatic heterocycles. The average Bonchev–Trinajstić information content (AvgIpc) is 3.30. The number of benzene rings is 1.